The number of amides is 4. The molecule has 1 aromatic heterocycles. The normalized spacial score (nSPS) is 22.6. The van der Waals surface area contributed by atoms with E-state index in [1.165, 1.54) is 14.6 Å². The van der Waals surface area contributed by atoms with Crippen LogP contribution in [0.15, 0.2) is 24.3 Å². The Morgan fingerprint density at radius 3 is 2.41 bits per heavy atom. The molecule has 7 nitrogen and oxygen atoms in total. The van der Waals surface area contributed by atoms with Crippen LogP contribution >= 0.6 is 11.3 Å². The fraction of sp³-hybridized carbons (Fsp3) is 0.524. The Labute approximate surface area is 173 Å². The van der Waals surface area contributed by atoms with Gasteiger partial charge in [0, 0.05) is 25.0 Å². The number of rotatable bonds is 4. The first-order valence-electron chi connectivity index (χ1n) is 10.4. The predicted molar refractivity (Wildman–Crippen MR) is 109 cm³/mol. The van der Waals surface area contributed by atoms with Crippen molar-refractivity contribution in [1.29, 1.82) is 0 Å². The smallest absolute Gasteiger partial charge is 0.285 e. The van der Waals surface area contributed by atoms with E-state index in [2.05, 4.69) is 11.0 Å². The highest BCUT2D eigenvalue weighted by molar-refractivity contribution is 7.18. The fourth-order valence-corrected chi connectivity index (χ4v) is 5.85. The van der Waals surface area contributed by atoms with Crippen LogP contribution in [-0.4, -0.2) is 63.3 Å². The lowest BCUT2D eigenvalue weighted by Gasteiger charge is -2.33. The SMILES string of the molecule is O=C1C(=O)N(C2CCCC2)C(=O)N1CN1CCC(c2nc3ccccc3s2)CC1. The number of hydrogen-bond donors (Lipinski definition) is 0. The number of nitrogens with zero attached hydrogens (tertiary/aromatic N) is 4. The first-order valence-corrected chi connectivity index (χ1v) is 11.2. The molecule has 29 heavy (non-hydrogen) atoms. The van der Waals surface area contributed by atoms with Crippen LogP contribution in [0.25, 0.3) is 10.2 Å². The average Bonchev–Trinajstić information content (AvgIpc) is 3.45. The molecule has 1 aliphatic carbocycles. The molecule has 3 fully saturated rings. The summed E-state index contributed by atoms with van der Waals surface area (Å²) in [4.78, 5) is 46.8. The van der Waals surface area contributed by atoms with Gasteiger partial charge in [0.15, 0.2) is 0 Å². The summed E-state index contributed by atoms with van der Waals surface area (Å²) in [6, 6.07) is 7.65. The molecule has 0 atom stereocenters. The lowest BCUT2D eigenvalue weighted by Crippen LogP contribution is -2.46. The Balaban J connectivity index is 1.22. The molecule has 2 aromatic rings. The number of aromatic nitrogens is 1. The number of imide groups is 2. The van der Waals surface area contributed by atoms with Crippen molar-refractivity contribution in [2.24, 2.45) is 0 Å². The molecule has 8 heteroatoms. The Morgan fingerprint density at radius 2 is 1.69 bits per heavy atom. The van der Waals surface area contributed by atoms with Crippen molar-refractivity contribution in [3.05, 3.63) is 29.3 Å². The molecule has 152 valence electrons. The number of carbonyl (C=O) groups excluding carboxylic acids is 3. The van der Waals surface area contributed by atoms with E-state index in [1.54, 1.807) is 11.3 Å². The highest BCUT2D eigenvalue weighted by atomic mass is 32.1. The molecule has 5 rings (SSSR count). The largest absolute Gasteiger partial charge is 0.335 e. The second kappa shape index (κ2) is 7.50. The summed E-state index contributed by atoms with van der Waals surface area (Å²) in [5.74, 6) is -0.910. The van der Waals surface area contributed by atoms with Gasteiger partial charge < -0.3 is 0 Å². The van der Waals surface area contributed by atoms with Crippen molar-refractivity contribution in [2.45, 2.75) is 50.5 Å². The van der Waals surface area contributed by atoms with Gasteiger partial charge in [-0.1, -0.05) is 25.0 Å². The molecular formula is C21H24N4O3S. The van der Waals surface area contributed by atoms with E-state index < -0.39 is 17.8 Å². The maximum atomic E-state index is 12.7. The van der Waals surface area contributed by atoms with Crippen molar-refractivity contribution >= 4 is 39.4 Å². The zero-order valence-electron chi connectivity index (χ0n) is 16.2. The fourth-order valence-electron chi connectivity index (χ4n) is 4.72. The summed E-state index contributed by atoms with van der Waals surface area (Å²) in [5, 5.41) is 1.17. The van der Waals surface area contributed by atoms with Crippen LogP contribution in [-0.2, 0) is 9.59 Å². The number of thiazole rings is 1. The third kappa shape index (κ3) is 3.34. The molecule has 1 aromatic carbocycles. The van der Waals surface area contributed by atoms with E-state index in [0.29, 0.717) is 5.92 Å². The molecule has 3 aliphatic rings. The van der Waals surface area contributed by atoms with E-state index in [0.717, 1.165) is 62.0 Å². The average molecular weight is 413 g/mol. The van der Waals surface area contributed by atoms with Crippen molar-refractivity contribution in [3.8, 4) is 0 Å². The summed E-state index contributed by atoms with van der Waals surface area (Å²) >= 11 is 1.75. The first kappa shape index (κ1) is 18.7. The minimum atomic E-state index is -0.671. The highest BCUT2D eigenvalue weighted by Gasteiger charge is 2.48. The van der Waals surface area contributed by atoms with E-state index in [-0.39, 0.29) is 12.7 Å². The lowest BCUT2D eigenvalue weighted by atomic mass is 9.98. The summed E-state index contributed by atoms with van der Waals surface area (Å²) in [5.41, 5.74) is 1.05. The maximum Gasteiger partial charge on any atom is 0.335 e. The molecule has 2 aliphatic heterocycles. The first-order chi connectivity index (χ1) is 14.1. The summed E-state index contributed by atoms with van der Waals surface area (Å²) in [7, 11) is 0. The molecule has 1 saturated carbocycles. The quantitative estimate of drug-likeness (QED) is 0.570. The molecule has 0 N–H and O–H groups in total. The lowest BCUT2D eigenvalue weighted by molar-refractivity contribution is -0.144. The van der Waals surface area contributed by atoms with E-state index in [1.807, 2.05) is 18.2 Å². The Bertz CT molecular complexity index is 927. The van der Waals surface area contributed by atoms with Crippen LogP contribution in [0.3, 0.4) is 0 Å². The zero-order valence-corrected chi connectivity index (χ0v) is 17.1. The minimum Gasteiger partial charge on any atom is -0.285 e. The van der Waals surface area contributed by atoms with Gasteiger partial charge in [-0.25, -0.2) is 14.7 Å². The number of piperidine rings is 1. The number of fused-ring (bicyclic) bond motifs is 1. The monoisotopic (exact) mass is 412 g/mol. The minimum absolute atomic E-state index is 0.103. The number of hydrogen-bond acceptors (Lipinski definition) is 6. The molecule has 2 saturated heterocycles. The van der Waals surface area contributed by atoms with Crippen LogP contribution in [0.2, 0.25) is 0 Å². The van der Waals surface area contributed by atoms with Crippen LogP contribution in [0.1, 0.15) is 49.5 Å². The molecule has 0 spiro atoms. The van der Waals surface area contributed by atoms with Crippen molar-refractivity contribution in [2.75, 3.05) is 19.8 Å². The standard InChI is InChI=1S/C21H24N4O3S/c26-19-20(27)25(15-5-1-2-6-15)21(28)24(19)13-23-11-9-14(10-12-23)18-22-16-7-3-4-8-17(16)29-18/h3-4,7-8,14-15H,1-2,5-6,9-13H2. The van der Waals surface area contributed by atoms with Gasteiger partial charge in [-0.2, -0.15) is 0 Å². The molecule has 0 bridgehead atoms. The van der Waals surface area contributed by atoms with Gasteiger partial charge in [-0.05, 0) is 37.8 Å². The molecule has 4 amide bonds. The Hall–Kier alpha value is -2.32. The van der Waals surface area contributed by atoms with Crippen LogP contribution in [0.5, 0.6) is 0 Å². The van der Waals surface area contributed by atoms with E-state index in [4.69, 9.17) is 4.98 Å². The molecule has 0 radical (unpaired) electrons. The molecular weight excluding hydrogens is 388 g/mol. The van der Waals surface area contributed by atoms with Crippen LogP contribution in [0, 0.1) is 0 Å². The third-order valence-corrected chi connectivity index (χ3v) is 7.56. The van der Waals surface area contributed by atoms with Crippen LogP contribution in [0.4, 0.5) is 4.79 Å². The van der Waals surface area contributed by atoms with Crippen LogP contribution < -0.4 is 0 Å². The van der Waals surface area contributed by atoms with Gasteiger partial charge in [0.05, 0.1) is 21.9 Å². The number of urea groups is 1. The summed E-state index contributed by atoms with van der Waals surface area (Å²) in [6.45, 7) is 1.78. The van der Waals surface area contributed by atoms with Gasteiger partial charge in [-0.15, -0.1) is 11.3 Å². The van der Waals surface area contributed by atoms with Gasteiger partial charge >= 0.3 is 17.8 Å². The number of likely N-dealkylation sites (tertiary alicyclic amines) is 1. The molecule has 0 unspecified atom stereocenters. The second-order valence-corrected chi connectivity index (χ2v) is 9.24. The van der Waals surface area contributed by atoms with Gasteiger partial charge in [-0.3, -0.25) is 19.4 Å². The number of para-hydroxylation sites is 1. The Kier molecular flexibility index (Phi) is 4.83. The van der Waals surface area contributed by atoms with Gasteiger partial charge in [0.25, 0.3) is 0 Å². The highest BCUT2D eigenvalue weighted by Crippen LogP contribution is 2.34. The molecule has 3 heterocycles. The van der Waals surface area contributed by atoms with Crippen molar-refractivity contribution < 1.29 is 14.4 Å². The second-order valence-electron chi connectivity index (χ2n) is 8.18. The summed E-state index contributed by atoms with van der Waals surface area (Å²) in [6.07, 6.45) is 5.52. The topological polar surface area (TPSA) is 73.8 Å². The summed E-state index contributed by atoms with van der Waals surface area (Å²) < 4.78 is 1.21. The van der Waals surface area contributed by atoms with E-state index >= 15 is 0 Å². The predicted octanol–water partition coefficient (Wildman–Crippen LogP) is 3.17. The zero-order chi connectivity index (χ0) is 20.0. The van der Waals surface area contributed by atoms with E-state index in [9.17, 15) is 14.4 Å². The Morgan fingerprint density at radius 1 is 0.966 bits per heavy atom. The van der Waals surface area contributed by atoms with Gasteiger partial charge in [0.1, 0.15) is 0 Å². The maximum absolute atomic E-state index is 12.7. The van der Waals surface area contributed by atoms with Crippen molar-refractivity contribution in [3.63, 3.8) is 0 Å². The third-order valence-electron chi connectivity index (χ3n) is 6.36. The number of benzene rings is 1. The van der Waals surface area contributed by atoms with Crippen molar-refractivity contribution in [1.82, 2.24) is 19.7 Å². The van der Waals surface area contributed by atoms with Gasteiger partial charge in [0.2, 0.25) is 0 Å². The number of carbonyl (C=O) groups is 3.